The summed E-state index contributed by atoms with van der Waals surface area (Å²) in [4.78, 5) is 10.5. The molecule has 80 valence electrons. The molecule has 0 aromatic heterocycles. The average molecular weight is 206 g/mol. The molecule has 4 nitrogen and oxygen atoms in total. The van der Waals surface area contributed by atoms with Gasteiger partial charge in [0.25, 0.3) is 5.69 Å². The predicted molar refractivity (Wildman–Crippen MR) is 57.7 cm³/mol. The Labute approximate surface area is 88.5 Å². The van der Waals surface area contributed by atoms with E-state index in [-0.39, 0.29) is 16.7 Å². The quantitative estimate of drug-likeness (QED) is 0.597. The summed E-state index contributed by atoms with van der Waals surface area (Å²) >= 11 is 0. The minimum Gasteiger partial charge on any atom is -0.310 e. The topological polar surface area (TPSA) is 55.2 Å². The first-order valence-corrected chi connectivity index (χ1v) is 5.26. The smallest absolute Gasteiger partial charge is 0.274 e. The third kappa shape index (κ3) is 2.15. The third-order valence-corrected chi connectivity index (χ3v) is 2.82. The summed E-state index contributed by atoms with van der Waals surface area (Å²) in [6.45, 7) is 0.955. The van der Waals surface area contributed by atoms with Crippen molar-refractivity contribution in [2.75, 3.05) is 6.54 Å². The Kier molecular flexibility index (Phi) is 2.97. The number of benzene rings is 1. The lowest BCUT2D eigenvalue weighted by atomic mass is 9.96. The molecule has 1 heterocycles. The minimum absolute atomic E-state index is 0.153. The molecule has 0 radical (unpaired) electrons. The Morgan fingerprint density at radius 2 is 2.13 bits per heavy atom. The molecule has 1 saturated heterocycles. The van der Waals surface area contributed by atoms with Crippen LogP contribution in [0.25, 0.3) is 0 Å². The lowest BCUT2D eigenvalue weighted by Crippen LogP contribution is -2.27. The molecule has 1 aromatic rings. The number of hydrogen-bond acceptors (Lipinski definition) is 3. The average Bonchev–Trinajstić information content (AvgIpc) is 2.30. The van der Waals surface area contributed by atoms with Gasteiger partial charge in [-0.15, -0.1) is 0 Å². The SMILES string of the molecule is O=[N+]([O-])c1ccccc1C1CCCCN1. The second-order valence-electron chi connectivity index (χ2n) is 3.82. The monoisotopic (exact) mass is 206 g/mol. The Balaban J connectivity index is 2.29. The summed E-state index contributed by atoms with van der Waals surface area (Å²) in [6, 6.07) is 7.15. The van der Waals surface area contributed by atoms with Crippen LogP contribution in [0.5, 0.6) is 0 Å². The number of rotatable bonds is 2. The van der Waals surface area contributed by atoms with Gasteiger partial charge in [0.05, 0.1) is 4.92 Å². The molecule has 0 aliphatic carbocycles. The van der Waals surface area contributed by atoms with Gasteiger partial charge in [-0.2, -0.15) is 0 Å². The maximum absolute atomic E-state index is 10.8. The van der Waals surface area contributed by atoms with Gasteiger partial charge in [-0.3, -0.25) is 10.1 Å². The van der Waals surface area contributed by atoms with Crippen molar-refractivity contribution < 1.29 is 4.92 Å². The molecule has 1 aromatic carbocycles. The van der Waals surface area contributed by atoms with Crippen molar-refractivity contribution in [1.82, 2.24) is 5.32 Å². The fraction of sp³-hybridized carbons (Fsp3) is 0.455. The highest BCUT2D eigenvalue weighted by Crippen LogP contribution is 2.29. The zero-order chi connectivity index (χ0) is 10.7. The normalized spacial score (nSPS) is 21.2. The molecule has 0 saturated carbocycles. The molecule has 0 amide bonds. The summed E-state index contributed by atoms with van der Waals surface area (Å²) in [7, 11) is 0. The molecule has 1 atom stereocenters. The van der Waals surface area contributed by atoms with E-state index in [0.29, 0.717) is 0 Å². The van der Waals surface area contributed by atoms with Gasteiger partial charge in [-0.05, 0) is 19.4 Å². The third-order valence-electron chi connectivity index (χ3n) is 2.82. The molecule has 1 aliphatic heterocycles. The van der Waals surface area contributed by atoms with Crippen molar-refractivity contribution in [2.45, 2.75) is 25.3 Å². The van der Waals surface area contributed by atoms with Crippen molar-refractivity contribution >= 4 is 5.69 Å². The van der Waals surface area contributed by atoms with E-state index in [1.54, 1.807) is 12.1 Å². The van der Waals surface area contributed by atoms with Crippen molar-refractivity contribution in [1.29, 1.82) is 0 Å². The number of nitro groups is 1. The van der Waals surface area contributed by atoms with Gasteiger partial charge in [0.15, 0.2) is 0 Å². The van der Waals surface area contributed by atoms with Gasteiger partial charge in [-0.1, -0.05) is 24.6 Å². The van der Waals surface area contributed by atoms with Crippen LogP contribution in [-0.4, -0.2) is 11.5 Å². The highest BCUT2D eigenvalue weighted by Gasteiger charge is 2.22. The van der Waals surface area contributed by atoms with Crippen LogP contribution in [0.15, 0.2) is 24.3 Å². The second-order valence-corrected chi connectivity index (χ2v) is 3.82. The fourth-order valence-electron chi connectivity index (χ4n) is 2.07. The summed E-state index contributed by atoms with van der Waals surface area (Å²) in [5.41, 5.74) is 1.05. The Morgan fingerprint density at radius 3 is 2.80 bits per heavy atom. The Bertz CT molecular complexity index is 359. The van der Waals surface area contributed by atoms with Gasteiger partial charge in [0.2, 0.25) is 0 Å². The molecular weight excluding hydrogens is 192 g/mol. The van der Waals surface area contributed by atoms with Crippen LogP contribution in [0.2, 0.25) is 0 Å². The number of para-hydroxylation sites is 1. The second kappa shape index (κ2) is 4.40. The van der Waals surface area contributed by atoms with Crippen LogP contribution in [0, 0.1) is 10.1 Å². The molecule has 15 heavy (non-hydrogen) atoms. The van der Waals surface area contributed by atoms with Crippen molar-refractivity contribution in [3.8, 4) is 0 Å². The molecule has 1 N–H and O–H groups in total. The highest BCUT2D eigenvalue weighted by molar-refractivity contribution is 5.42. The van der Waals surface area contributed by atoms with Crippen LogP contribution >= 0.6 is 0 Å². The van der Waals surface area contributed by atoms with Crippen LogP contribution in [0.3, 0.4) is 0 Å². The number of piperidine rings is 1. The molecular formula is C11H14N2O2. The van der Waals surface area contributed by atoms with Crippen molar-refractivity contribution in [3.63, 3.8) is 0 Å². The molecule has 0 bridgehead atoms. The minimum atomic E-state index is -0.300. The molecule has 2 rings (SSSR count). The molecule has 1 aliphatic rings. The molecule has 0 spiro atoms. The fourth-order valence-corrected chi connectivity index (χ4v) is 2.07. The first kappa shape index (κ1) is 10.1. The van der Waals surface area contributed by atoms with Gasteiger partial charge in [0.1, 0.15) is 0 Å². The van der Waals surface area contributed by atoms with Crippen LogP contribution in [0.1, 0.15) is 30.9 Å². The van der Waals surface area contributed by atoms with Crippen LogP contribution in [-0.2, 0) is 0 Å². The summed E-state index contributed by atoms with van der Waals surface area (Å²) in [6.07, 6.45) is 3.30. The van der Waals surface area contributed by atoms with Crippen LogP contribution < -0.4 is 5.32 Å². The van der Waals surface area contributed by atoms with E-state index in [0.717, 1.165) is 31.4 Å². The van der Waals surface area contributed by atoms with Gasteiger partial charge >= 0.3 is 0 Å². The van der Waals surface area contributed by atoms with E-state index in [1.165, 1.54) is 0 Å². The van der Waals surface area contributed by atoms with E-state index in [1.807, 2.05) is 12.1 Å². The summed E-state index contributed by atoms with van der Waals surface area (Å²) < 4.78 is 0. The maximum atomic E-state index is 10.8. The first-order chi connectivity index (χ1) is 7.29. The largest absolute Gasteiger partial charge is 0.310 e. The Hall–Kier alpha value is -1.42. The maximum Gasteiger partial charge on any atom is 0.274 e. The van der Waals surface area contributed by atoms with Crippen molar-refractivity contribution in [2.24, 2.45) is 0 Å². The number of nitrogens with one attached hydrogen (secondary N) is 1. The predicted octanol–water partition coefficient (Wildman–Crippen LogP) is 2.41. The lowest BCUT2D eigenvalue weighted by Gasteiger charge is -2.23. The zero-order valence-corrected chi connectivity index (χ0v) is 8.48. The number of nitrogens with zero attached hydrogens (tertiary/aromatic N) is 1. The van der Waals surface area contributed by atoms with Gasteiger partial charge < -0.3 is 5.32 Å². The number of nitro benzene ring substituents is 1. The zero-order valence-electron chi connectivity index (χ0n) is 8.48. The molecule has 1 fully saturated rings. The van der Waals surface area contributed by atoms with E-state index in [2.05, 4.69) is 5.32 Å². The van der Waals surface area contributed by atoms with E-state index < -0.39 is 0 Å². The van der Waals surface area contributed by atoms with Crippen LogP contribution in [0.4, 0.5) is 5.69 Å². The highest BCUT2D eigenvalue weighted by atomic mass is 16.6. The van der Waals surface area contributed by atoms with E-state index in [4.69, 9.17) is 0 Å². The van der Waals surface area contributed by atoms with Gasteiger partial charge in [0, 0.05) is 17.7 Å². The first-order valence-electron chi connectivity index (χ1n) is 5.26. The molecule has 1 unspecified atom stereocenters. The Morgan fingerprint density at radius 1 is 1.33 bits per heavy atom. The van der Waals surface area contributed by atoms with E-state index >= 15 is 0 Å². The molecule has 4 heteroatoms. The number of hydrogen-bond donors (Lipinski definition) is 1. The standard InChI is InChI=1S/C11H14N2O2/c14-13(15)11-7-2-1-5-9(11)10-6-3-4-8-12-10/h1-2,5,7,10,12H,3-4,6,8H2. The lowest BCUT2D eigenvalue weighted by molar-refractivity contribution is -0.385. The van der Waals surface area contributed by atoms with E-state index in [9.17, 15) is 10.1 Å². The summed E-state index contributed by atoms with van der Waals surface area (Å²) in [5.74, 6) is 0. The summed E-state index contributed by atoms with van der Waals surface area (Å²) in [5, 5.41) is 14.2. The van der Waals surface area contributed by atoms with Crippen molar-refractivity contribution in [3.05, 3.63) is 39.9 Å². The van der Waals surface area contributed by atoms with Gasteiger partial charge in [-0.25, -0.2) is 0 Å².